The molecule has 2 heterocycles. The molecule has 0 bridgehead atoms. The maximum Gasteiger partial charge on any atom is 0.263 e. The van der Waals surface area contributed by atoms with E-state index >= 15 is 0 Å². The van der Waals surface area contributed by atoms with Crippen LogP contribution in [0.5, 0.6) is 11.5 Å². The Kier molecular flexibility index (Phi) is 6.74. The van der Waals surface area contributed by atoms with Crippen molar-refractivity contribution >= 4 is 33.3 Å². The summed E-state index contributed by atoms with van der Waals surface area (Å²) in [5.41, 5.74) is 1.91. The van der Waals surface area contributed by atoms with Crippen molar-refractivity contribution in [2.45, 2.75) is 11.7 Å². The molecule has 0 unspecified atom stereocenters. The van der Waals surface area contributed by atoms with Crippen LogP contribution in [0.2, 0.25) is 0 Å². The van der Waals surface area contributed by atoms with Gasteiger partial charge in [0, 0.05) is 23.2 Å². The number of ether oxygens (including phenoxy) is 2. The Labute approximate surface area is 189 Å². The first-order valence-electron chi connectivity index (χ1n) is 9.79. The molecule has 2 aromatic heterocycles. The fourth-order valence-electron chi connectivity index (χ4n) is 3.20. The summed E-state index contributed by atoms with van der Waals surface area (Å²) in [7, 11) is 1.63. The summed E-state index contributed by atoms with van der Waals surface area (Å²) < 4.78 is 12.6. The molecule has 0 spiro atoms. The summed E-state index contributed by atoms with van der Waals surface area (Å²) in [4.78, 5) is 18.9. The highest BCUT2D eigenvalue weighted by atomic mass is 32.2. The van der Waals surface area contributed by atoms with Crippen LogP contribution in [0.3, 0.4) is 0 Å². The summed E-state index contributed by atoms with van der Waals surface area (Å²) in [5.74, 6) is 2.23. The van der Waals surface area contributed by atoms with E-state index < -0.39 is 0 Å². The smallest absolute Gasteiger partial charge is 0.263 e. The number of benzene rings is 2. The Hall–Kier alpha value is -3.03. The van der Waals surface area contributed by atoms with Gasteiger partial charge >= 0.3 is 0 Å². The fraction of sp³-hybridized carbons (Fsp3) is 0.167. The van der Waals surface area contributed by atoms with E-state index in [4.69, 9.17) is 14.5 Å². The van der Waals surface area contributed by atoms with Crippen LogP contribution in [0.15, 0.2) is 82.6 Å². The molecule has 0 amide bonds. The van der Waals surface area contributed by atoms with Crippen molar-refractivity contribution < 1.29 is 9.47 Å². The van der Waals surface area contributed by atoms with E-state index in [1.54, 1.807) is 17.8 Å². The van der Waals surface area contributed by atoms with Crippen molar-refractivity contribution in [1.82, 2.24) is 9.55 Å². The lowest BCUT2D eigenvalue weighted by molar-refractivity contribution is 0.342. The Bertz CT molecular complexity index is 1230. The number of thioether (sulfide) groups is 1. The highest BCUT2D eigenvalue weighted by molar-refractivity contribution is 7.99. The molecule has 0 atom stereocenters. The van der Waals surface area contributed by atoms with Gasteiger partial charge in [0.25, 0.3) is 5.56 Å². The van der Waals surface area contributed by atoms with Gasteiger partial charge in [-0.3, -0.25) is 9.36 Å². The second-order valence-electron chi connectivity index (χ2n) is 6.67. The highest BCUT2D eigenvalue weighted by Crippen LogP contribution is 2.32. The van der Waals surface area contributed by atoms with Gasteiger partial charge in [0.15, 0.2) is 5.16 Å². The summed E-state index contributed by atoms with van der Waals surface area (Å²) >= 11 is 3.01. The van der Waals surface area contributed by atoms with E-state index in [1.165, 1.54) is 23.1 Å². The molecular weight excluding hydrogens is 428 g/mol. The predicted octanol–water partition coefficient (Wildman–Crippen LogP) is 5.49. The molecule has 5 nitrogen and oxygen atoms in total. The molecule has 0 N–H and O–H groups in total. The molecule has 31 heavy (non-hydrogen) atoms. The van der Waals surface area contributed by atoms with Crippen LogP contribution in [0.1, 0.15) is 0 Å². The van der Waals surface area contributed by atoms with Crippen molar-refractivity contribution in [2.75, 3.05) is 19.5 Å². The van der Waals surface area contributed by atoms with Gasteiger partial charge in [-0.1, -0.05) is 48.2 Å². The van der Waals surface area contributed by atoms with Crippen LogP contribution in [0.25, 0.3) is 21.3 Å². The summed E-state index contributed by atoms with van der Waals surface area (Å²) in [6.45, 7) is 4.72. The predicted molar refractivity (Wildman–Crippen MR) is 129 cm³/mol. The number of allylic oxidation sites excluding steroid dienone is 1. The zero-order chi connectivity index (χ0) is 21.6. The summed E-state index contributed by atoms with van der Waals surface area (Å²) in [5, 5.41) is 3.35. The third kappa shape index (κ3) is 4.68. The second-order valence-corrected chi connectivity index (χ2v) is 8.59. The van der Waals surface area contributed by atoms with Crippen molar-refractivity contribution in [3.05, 3.63) is 83.0 Å². The topological polar surface area (TPSA) is 53.4 Å². The van der Waals surface area contributed by atoms with E-state index in [9.17, 15) is 4.79 Å². The van der Waals surface area contributed by atoms with Gasteiger partial charge in [-0.15, -0.1) is 17.9 Å². The Morgan fingerprint density at radius 3 is 2.58 bits per heavy atom. The van der Waals surface area contributed by atoms with E-state index in [0.717, 1.165) is 27.5 Å². The first-order valence-corrected chi connectivity index (χ1v) is 11.7. The molecule has 158 valence electrons. The maximum atomic E-state index is 13.3. The zero-order valence-corrected chi connectivity index (χ0v) is 18.7. The normalized spacial score (nSPS) is 10.9. The molecule has 4 rings (SSSR count). The SMILES string of the molecule is C=CCn1c(SCCOc2ccc(OC)cc2)nc2scc(-c3ccccc3)c2c1=O. The van der Waals surface area contributed by atoms with Gasteiger partial charge in [0.2, 0.25) is 0 Å². The lowest BCUT2D eigenvalue weighted by Crippen LogP contribution is -2.22. The minimum atomic E-state index is -0.0384. The Morgan fingerprint density at radius 2 is 1.87 bits per heavy atom. The molecule has 0 fully saturated rings. The quantitative estimate of drug-likeness (QED) is 0.146. The Morgan fingerprint density at radius 1 is 1.13 bits per heavy atom. The minimum absolute atomic E-state index is 0.0384. The van der Waals surface area contributed by atoms with Crippen LogP contribution >= 0.6 is 23.1 Å². The van der Waals surface area contributed by atoms with E-state index in [1.807, 2.05) is 60.0 Å². The molecule has 2 aromatic carbocycles. The largest absolute Gasteiger partial charge is 0.497 e. The van der Waals surface area contributed by atoms with Gasteiger partial charge in [-0.05, 0) is 29.8 Å². The zero-order valence-electron chi connectivity index (χ0n) is 17.1. The van der Waals surface area contributed by atoms with E-state index in [0.29, 0.717) is 29.4 Å². The molecule has 0 aliphatic heterocycles. The molecular formula is C24H22N2O3S2. The third-order valence-electron chi connectivity index (χ3n) is 4.70. The number of hydrogen-bond acceptors (Lipinski definition) is 6. The minimum Gasteiger partial charge on any atom is -0.497 e. The lowest BCUT2D eigenvalue weighted by Gasteiger charge is -2.11. The molecule has 0 aliphatic carbocycles. The van der Waals surface area contributed by atoms with Crippen LogP contribution < -0.4 is 15.0 Å². The van der Waals surface area contributed by atoms with Crippen molar-refractivity contribution in [2.24, 2.45) is 0 Å². The average molecular weight is 451 g/mol. The van der Waals surface area contributed by atoms with Gasteiger partial charge in [-0.2, -0.15) is 0 Å². The highest BCUT2D eigenvalue weighted by Gasteiger charge is 2.16. The van der Waals surface area contributed by atoms with Gasteiger partial charge in [0.05, 0.1) is 19.1 Å². The first kappa shape index (κ1) is 21.2. The number of thiophene rings is 1. The molecule has 0 saturated heterocycles. The lowest BCUT2D eigenvalue weighted by atomic mass is 10.1. The monoisotopic (exact) mass is 450 g/mol. The Balaban J connectivity index is 1.55. The molecule has 0 saturated carbocycles. The van der Waals surface area contributed by atoms with Gasteiger partial charge in [0.1, 0.15) is 16.3 Å². The van der Waals surface area contributed by atoms with Gasteiger partial charge in [-0.25, -0.2) is 4.98 Å². The number of nitrogens with zero attached hydrogens (tertiary/aromatic N) is 2. The van der Waals surface area contributed by atoms with E-state index in [-0.39, 0.29) is 5.56 Å². The van der Waals surface area contributed by atoms with E-state index in [2.05, 4.69) is 6.58 Å². The van der Waals surface area contributed by atoms with Crippen LogP contribution in [-0.2, 0) is 6.54 Å². The standard InChI is InChI=1S/C24H22N2O3S2/c1-3-13-26-23(27)21-20(17-7-5-4-6-8-17)16-31-22(21)25-24(26)30-15-14-29-19-11-9-18(28-2)10-12-19/h3-12,16H,1,13-15H2,2H3. The summed E-state index contributed by atoms with van der Waals surface area (Å²) in [6.07, 6.45) is 1.72. The average Bonchev–Trinajstić information content (AvgIpc) is 3.24. The van der Waals surface area contributed by atoms with Crippen molar-refractivity contribution in [1.29, 1.82) is 0 Å². The third-order valence-corrected chi connectivity index (χ3v) is 6.51. The van der Waals surface area contributed by atoms with Crippen LogP contribution in [0, 0.1) is 0 Å². The number of fused-ring (bicyclic) bond motifs is 1. The number of hydrogen-bond donors (Lipinski definition) is 0. The molecule has 4 aromatic rings. The molecule has 7 heteroatoms. The van der Waals surface area contributed by atoms with Crippen LogP contribution in [-0.4, -0.2) is 29.0 Å². The van der Waals surface area contributed by atoms with Crippen molar-refractivity contribution in [3.63, 3.8) is 0 Å². The molecule has 0 radical (unpaired) electrons. The van der Waals surface area contributed by atoms with Gasteiger partial charge < -0.3 is 9.47 Å². The van der Waals surface area contributed by atoms with Crippen LogP contribution in [0.4, 0.5) is 0 Å². The number of aromatic nitrogens is 2. The maximum absolute atomic E-state index is 13.3. The summed E-state index contributed by atoms with van der Waals surface area (Å²) in [6, 6.07) is 17.4. The number of rotatable bonds is 9. The molecule has 0 aliphatic rings. The number of methoxy groups -OCH3 is 1. The second kappa shape index (κ2) is 9.85. The first-order chi connectivity index (χ1) is 15.2. The van der Waals surface area contributed by atoms with Crippen molar-refractivity contribution in [3.8, 4) is 22.6 Å². The fourth-order valence-corrected chi connectivity index (χ4v) is 5.01.